The van der Waals surface area contributed by atoms with Crippen molar-refractivity contribution in [3.8, 4) is 0 Å². The molecular weight excluding hydrogens is 126 g/mol. The van der Waals surface area contributed by atoms with Gasteiger partial charge in [-0.15, -0.1) is 6.58 Å². The lowest BCUT2D eigenvalue weighted by Gasteiger charge is -2.30. The Labute approximate surface area is 61.5 Å². The molecule has 56 valence electrons. The average molecular weight is 139 g/mol. The number of nitrogens with zero attached hydrogens (tertiary/aromatic N) is 1. The minimum Gasteiger partial charge on any atom is -0.342 e. The van der Waals surface area contributed by atoms with Crippen molar-refractivity contribution in [2.75, 3.05) is 13.1 Å². The van der Waals surface area contributed by atoms with Gasteiger partial charge in [0.2, 0.25) is 5.91 Å². The molecule has 0 aromatic rings. The topological polar surface area (TPSA) is 20.3 Å². The molecule has 1 aliphatic heterocycles. The van der Waals surface area contributed by atoms with E-state index in [0.29, 0.717) is 5.91 Å². The van der Waals surface area contributed by atoms with Gasteiger partial charge < -0.3 is 4.90 Å². The van der Waals surface area contributed by atoms with Gasteiger partial charge in [0.05, 0.1) is 0 Å². The number of rotatable bonds is 4. The fraction of sp³-hybridized carbons (Fsp3) is 0.625. The number of hydrogen-bond acceptors (Lipinski definition) is 1. The van der Waals surface area contributed by atoms with Crippen LogP contribution in [0.5, 0.6) is 0 Å². The molecule has 0 bridgehead atoms. The van der Waals surface area contributed by atoms with Gasteiger partial charge in [-0.1, -0.05) is 6.08 Å². The van der Waals surface area contributed by atoms with E-state index in [1.165, 1.54) is 0 Å². The van der Waals surface area contributed by atoms with Gasteiger partial charge in [0.1, 0.15) is 0 Å². The van der Waals surface area contributed by atoms with Crippen molar-refractivity contribution in [1.29, 1.82) is 0 Å². The molecule has 10 heavy (non-hydrogen) atoms. The van der Waals surface area contributed by atoms with Crippen LogP contribution in [0.3, 0.4) is 0 Å². The molecular formula is C8H13NO. The Balaban J connectivity index is 2.02. The maximum Gasteiger partial charge on any atom is 0.224 e. The van der Waals surface area contributed by atoms with Crippen molar-refractivity contribution < 1.29 is 4.79 Å². The fourth-order valence-corrected chi connectivity index (χ4v) is 1.02. The summed E-state index contributed by atoms with van der Waals surface area (Å²) in [7, 11) is 0. The maximum absolute atomic E-state index is 10.7. The number of amides is 1. The predicted octanol–water partition coefficient (Wildman–Crippen LogP) is 1.18. The maximum atomic E-state index is 10.7. The third-order valence-corrected chi connectivity index (χ3v) is 1.78. The van der Waals surface area contributed by atoms with Crippen LogP contribution in [0.25, 0.3) is 0 Å². The number of carbonyl (C=O) groups is 1. The predicted molar refractivity (Wildman–Crippen MR) is 40.6 cm³/mol. The Morgan fingerprint density at radius 3 is 2.90 bits per heavy atom. The summed E-state index contributed by atoms with van der Waals surface area (Å²) >= 11 is 0. The van der Waals surface area contributed by atoms with E-state index in [1.54, 1.807) is 0 Å². The number of likely N-dealkylation sites (tertiary alicyclic amines) is 1. The summed E-state index contributed by atoms with van der Waals surface area (Å²) in [5.41, 5.74) is 0. The van der Waals surface area contributed by atoms with Gasteiger partial charge in [0, 0.05) is 19.5 Å². The minimum absolute atomic E-state index is 0.309. The van der Waals surface area contributed by atoms with Gasteiger partial charge in [-0.2, -0.15) is 0 Å². The molecule has 0 spiro atoms. The van der Waals surface area contributed by atoms with Crippen molar-refractivity contribution in [3.63, 3.8) is 0 Å². The summed E-state index contributed by atoms with van der Waals surface area (Å²) in [6.45, 7) is 5.51. The monoisotopic (exact) mass is 139 g/mol. The first-order chi connectivity index (χ1) is 4.84. The largest absolute Gasteiger partial charge is 0.342 e. The second kappa shape index (κ2) is 3.40. The quantitative estimate of drug-likeness (QED) is 0.325. The van der Waals surface area contributed by atoms with Gasteiger partial charge in [0.15, 0.2) is 0 Å². The lowest BCUT2D eigenvalue weighted by molar-refractivity contribution is -0.139. The van der Waals surface area contributed by atoms with Crippen LogP contribution in [0.1, 0.15) is 19.3 Å². The first kappa shape index (κ1) is 7.32. The van der Waals surface area contributed by atoms with E-state index < -0.39 is 0 Å². The van der Waals surface area contributed by atoms with E-state index in [1.807, 2.05) is 11.0 Å². The summed E-state index contributed by atoms with van der Waals surface area (Å²) in [4.78, 5) is 12.6. The fourth-order valence-electron chi connectivity index (χ4n) is 1.02. The standard InChI is InChI=1S/C8H13NO/c1-2-3-4-6-9-7-5-8(9)10/h2H,1,3-7H2. The average Bonchev–Trinajstić information content (AvgIpc) is 1.95. The van der Waals surface area contributed by atoms with Gasteiger partial charge >= 0.3 is 0 Å². The van der Waals surface area contributed by atoms with Crippen LogP contribution in [0.2, 0.25) is 0 Å². The second-order valence-electron chi connectivity index (χ2n) is 2.56. The molecule has 2 heteroatoms. The van der Waals surface area contributed by atoms with Crippen molar-refractivity contribution >= 4 is 5.91 Å². The molecule has 0 atom stereocenters. The van der Waals surface area contributed by atoms with Crippen molar-refractivity contribution in [2.24, 2.45) is 0 Å². The van der Waals surface area contributed by atoms with Crippen LogP contribution in [0.4, 0.5) is 0 Å². The molecule has 1 fully saturated rings. The first-order valence-corrected chi connectivity index (χ1v) is 3.73. The Morgan fingerprint density at radius 2 is 2.50 bits per heavy atom. The van der Waals surface area contributed by atoms with Crippen molar-refractivity contribution in [1.82, 2.24) is 4.90 Å². The highest BCUT2D eigenvalue weighted by molar-refractivity contribution is 5.81. The van der Waals surface area contributed by atoms with E-state index >= 15 is 0 Å². The molecule has 1 rings (SSSR count). The summed E-state index contributed by atoms with van der Waals surface area (Å²) in [6.07, 6.45) is 4.73. The van der Waals surface area contributed by atoms with Crippen molar-refractivity contribution in [2.45, 2.75) is 19.3 Å². The Bertz CT molecular complexity index is 142. The van der Waals surface area contributed by atoms with Crippen LogP contribution in [0, 0.1) is 0 Å². The summed E-state index contributed by atoms with van der Waals surface area (Å²) in [6, 6.07) is 0. The molecule has 1 aliphatic rings. The molecule has 0 radical (unpaired) electrons. The molecule has 2 nitrogen and oxygen atoms in total. The molecule has 0 aliphatic carbocycles. The summed E-state index contributed by atoms with van der Waals surface area (Å²) in [5.74, 6) is 0.309. The van der Waals surface area contributed by atoms with Gasteiger partial charge in [-0.05, 0) is 12.8 Å². The highest BCUT2D eigenvalue weighted by atomic mass is 16.2. The van der Waals surface area contributed by atoms with E-state index in [-0.39, 0.29) is 0 Å². The van der Waals surface area contributed by atoms with E-state index in [9.17, 15) is 4.79 Å². The number of allylic oxidation sites excluding steroid dienone is 1. The molecule has 0 unspecified atom stereocenters. The zero-order valence-corrected chi connectivity index (χ0v) is 6.18. The van der Waals surface area contributed by atoms with Gasteiger partial charge in [-0.3, -0.25) is 4.79 Å². The van der Waals surface area contributed by atoms with E-state index in [0.717, 1.165) is 32.4 Å². The highest BCUT2D eigenvalue weighted by Crippen LogP contribution is 2.08. The minimum atomic E-state index is 0.309. The first-order valence-electron chi connectivity index (χ1n) is 3.73. The third kappa shape index (κ3) is 1.59. The number of unbranched alkanes of at least 4 members (excludes halogenated alkanes) is 1. The number of β-lactam (4-membered cyclic amide) rings is 1. The molecule has 1 saturated heterocycles. The molecule has 1 heterocycles. The normalized spacial score (nSPS) is 16.8. The van der Waals surface area contributed by atoms with Crippen LogP contribution in [-0.4, -0.2) is 23.9 Å². The smallest absolute Gasteiger partial charge is 0.224 e. The Morgan fingerprint density at radius 1 is 1.70 bits per heavy atom. The summed E-state index contributed by atoms with van der Waals surface area (Å²) < 4.78 is 0. The number of hydrogen-bond donors (Lipinski definition) is 0. The zero-order valence-electron chi connectivity index (χ0n) is 6.18. The van der Waals surface area contributed by atoms with Crippen LogP contribution < -0.4 is 0 Å². The van der Waals surface area contributed by atoms with Crippen LogP contribution in [-0.2, 0) is 4.79 Å². The SMILES string of the molecule is C=CCCCN1CCC1=O. The van der Waals surface area contributed by atoms with E-state index in [4.69, 9.17) is 0 Å². The molecule has 0 aromatic carbocycles. The van der Waals surface area contributed by atoms with E-state index in [2.05, 4.69) is 6.58 Å². The summed E-state index contributed by atoms with van der Waals surface area (Å²) in [5, 5.41) is 0. The second-order valence-corrected chi connectivity index (χ2v) is 2.56. The lowest BCUT2D eigenvalue weighted by Crippen LogP contribution is -2.43. The third-order valence-electron chi connectivity index (χ3n) is 1.78. The van der Waals surface area contributed by atoms with Gasteiger partial charge in [-0.25, -0.2) is 0 Å². The molecule has 0 aromatic heterocycles. The Hall–Kier alpha value is -0.790. The number of carbonyl (C=O) groups excluding carboxylic acids is 1. The molecule has 0 N–H and O–H groups in total. The molecule has 0 saturated carbocycles. The van der Waals surface area contributed by atoms with Gasteiger partial charge in [0.25, 0.3) is 0 Å². The molecule has 1 amide bonds. The Kier molecular flexibility index (Phi) is 2.49. The van der Waals surface area contributed by atoms with Crippen molar-refractivity contribution in [3.05, 3.63) is 12.7 Å². The lowest BCUT2D eigenvalue weighted by atomic mass is 10.2. The zero-order chi connectivity index (χ0) is 7.40. The highest BCUT2D eigenvalue weighted by Gasteiger charge is 2.21. The van der Waals surface area contributed by atoms with Crippen LogP contribution >= 0.6 is 0 Å². The van der Waals surface area contributed by atoms with Crippen LogP contribution in [0.15, 0.2) is 12.7 Å².